The lowest BCUT2D eigenvalue weighted by molar-refractivity contribution is 0.281. The van der Waals surface area contributed by atoms with Crippen LogP contribution in [0.3, 0.4) is 0 Å². The Labute approximate surface area is 129 Å². The molecular weight excluding hydrogens is 272 g/mol. The van der Waals surface area contributed by atoms with Crippen LogP contribution in [0.1, 0.15) is 22.3 Å². The molecule has 0 aliphatic rings. The molecule has 0 bridgehead atoms. The van der Waals surface area contributed by atoms with Crippen molar-refractivity contribution in [3.8, 4) is 6.07 Å². The van der Waals surface area contributed by atoms with Crippen LogP contribution in [0.5, 0.6) is 0 Å². The second-order valence-corrected chi connectivity index (χ2v) is 5.32. The SMILES string of the molecule is Cc1cc(CO)cc(/C(C#N)=C/c2c[nH]c3ccccc23)c1. The molecule has 0 aliphatic carbocycles. The van der Waals surface area contributed by atoms with Crippen LogP contribution in [0.4, 0.5) is 0 Å². The Balaban J connectivity index is 2.12. The fourth-order valence-electron chi connectivity index (χ4n) is 2.66. The molecule has 0 saturated heterocycles. The zero-order valence-corrected chi connectivity index (χ0v) is 12.3. The molecule has 3 rings (SSSR count). The lowest BCUT2D eigenvalue weighted by Gasteiger charge is -2.05. The molecule has 2 N–H and O–H groups in total. The predicted molar refractivity (Wildman–Crippen MR) is 88.9 cm³/mol. The van der Waals surface area contributed by atoms with Crippen molar-refractivity contribution in [2.24, 2.45) is 0 Å². The molecule has 108 valence electrons. The number of aromatic nitrogens is 1. The van der Waals surface area contributed by atoms with Crippen LogP contribution in [0.15, 0.2) is 48.7 Å². The number of benzene rings is 2. The normalized spacial score (nSPS) is 11.6. The van der Waals surface area contributed by atoms with E-state index in [1.807, 2.05) is 61.7 Å². The van der Waals surface area contributed by atoms with Crippen LogP contribution >= 0.6 is 0 Å². The smallest absolute Gasteiger partial charge is 0.0998 e. The van der Waals surface area contributed by atoms with E-state index in [0.717, 1.165) is 33.2 Å². The number of nitrogens with one attached hydrogen (secondary N) is 1. The number of aliphatic hydroxyl groups is 1. The lowest BCUT2D eigenvalue weighted by atomic mass is 9.99. The summed E-state index contributed by atoms with van der Waals surface area (Å²) >= 11 is 0. The molecule has 0 fully saturated rings. The number of fused-ring (bicyclic) bond motifs is 1. The average Bonchev–Trinajstić information content (AvgIpc) is 2.95. The van der Waals surface area contributed by atoms with E-state index in [2.05, 4.69) is 11.1 Å². The van der Waals surface area contributed by atoms with Crippen molar-refractivity contribution in [1.82, 2.24) is 4.98 Å². The van der Waals surface area contributed by atoms with Crippen LogP contribution in [-0.2, 0) is 6.61 Å². The molecule has 0 saturated carbocycles. The van der Waals surface area contributed by atoms with E-state index in [-0.39, 0.29) is 6.61 Å². The number of hydrogen-bond acceptors (Lipinski definition) is 2. The standard InChI is InChI=1S/C19H16N2O/c1-13-6-14(12-22)8-15(7-13)16(10-20)9-17-11-21-19-5-3-2-4-18(17)19/h2-9,11,21-22H,12H2,1H3/b16-9+. The van der Waals surface area contributed by atoms with Gasteiger partial charge in [0.25, 0.3) is 0 Å². The first kappa shape index (κ1) is 14.1. The minimum absolute atomic E-state index is 0.0273. The highest BCUT2D eigenvalue weighted by Gasteiger charge is 2.06. The van der Waals surface area contributed by atoms with Gasteiger partial charge in [-0.3, -0.25) is 0 Å². The van der Waals surface area contributed by atoms with Gasteiger partial charge >= 0.3 is 0 Å². The summed E-state index contributed by atoms with van der Waals surface area (Å²) in [5, 5.41) is 19.9. The lowest BCUT2D eigenvalue weighted by Crippen LogP contribution is -1.90. The van der Waals surface area contributed by atoms with Crippen molar-refractivity contribution >= 4 is 22.6 Å². The zero-order valence-electron chi connectivity index (χ0n) is 12.3. The van der Waals surface area contributed by atoms with E-state index in [1.54, 1.807) is 0 Å². The monoisotopic (exact) mass is 288 g/mol. The summed E-state index contributed by atoms with van der Waals surface area (Å²) in [6.07, 6.45) is 3.79. The van der Waals surface area contributed by atoms with E-state index < -0.39 is 0 Å². The predicted octanol–water partition coefficient (Wildman–Crippen LogP) is 4.03. The molecule has 0 spiro atoms. The third kappa shape index (κ3) is 2.65. The third-order valence-corrected chi connectivity index (χ3v) is 3.67. The minimum Gasteiger partial charge on any atom is -0.392 e. The van der Waals surface area contributed by atoms with Crippen LogP contribution in [-0.4, -0.2) is 10.1 Å². The maximum atomic E-state index is 9.51. The number of aliphatic hydroxyl groups excluding tert-OH is 1. The molecule has 0 radical (unpaired) electrons. The van der Waals surface area contributed by atoms with Gasteiger partial charge in [0.1, 0.15) is 0 Å². The summed E-state index contributed by atoms with van der Waals surface area (Å²) in [6, 6.07) is 16.0. The first-order chi connectivity index (χ1) is 10.7. The number of H-pyrrole nitrogens is 1. The Morgan fingerprint density at radius 3 is 2.86 bits per heavy atom. The van der Waals surface area contributed by atoms with Gasteiger partial charge in [-0.2, -0.15) is 5.26 Å². The highest BCUT2D eigenvalue weighted by atomic mass is 16.3. The van der Waals surface area contributed by atoms with Crippen molar-refractivity contribution in [1.29, 1.82) is 5.26 Å². The summed E-state index contributed by atoms with van der Waals surface area (Å²) in [6.45, 7) is 1.93. The van der Waals surface area contributed by atoms with Crippen molar-refractivity contribution in [2.75, 3.05) is 0 Å². The van der Waals surface area contributed by atoms with Gasteiger partial charge in [-0.15, -0.1) is 0 Å². The topological polar surface area (TPSA) is 59.8 Å². The van der Waals surface area contributed by atoms with Crippen LogP contribution in [0, 0.1) is 18.3 Å². The second-order valence-electron chi connectivity index (χ2n) is 5.32. The summed E-state index contributed by atoms with van der Waals surface area (Å²) in [5.41, 5.74) is 5.29. The van der Waals surface area contributed by atoms with E-state index >= 15 is 0 Å². The van der Waals surface area contributed by atoms with E-state index in [4.69, 9.17) is 0 Å². The maximum Gasteiger partial charge on any atom is 0.0998 e. The molecular formula is C19H16N2O. The largest absolute Gasteiger partial charge is 0.392 e. The number of nitrogens with zero attached hydrogens (tertiary/aromatic N) is 1. The summed E-state index contributed by atoms with van der Waals surface area (Å²) in [7, 11) is 0. The van der Waals surface area contributed by atoms with Gasteiger partial charge in [0, 0.05) is 22.7 Å². The quantitative estimate of drug-likeness (QED) is 0.715. The number of hydrogen-bond donors (Lipinski definition) is 2. The molecule has 1 heterocycles. The summed E-state index contributed by atoms with van der Waals surface area (Å²) in [5.74, 6) is 0. The van der Waals surface area contributed by atoms with Gasteiger partial charge in [-0.1, -0.05) is 35.9 Å². The van der Waals surface area contributed by atoms with Gasteiger partial charge in [0.05, 0.1) is 18.2 Å². The number of aromatic amines is 1. The molecule has 0 atom stereocenters. The molecule has 1 aromatic heterocycles. The number of rotatable bonds is 3. The van der Waals surface area contributed by atoms with E-state index in [0.29, 0.717) is 5.57 Å². The van der Waals surface area contributed by atoms with Crippen molar-refractivity contribution < 1.29 is 5.11 Å². The Morgan fingerprint density at radius 2 is 2.09 bits per heavy atom. The van der Waals surface area contributed by atoms with Crippen molar-refractivity contribution in [3.63, 3.8) is 0 Å². The van der Waals surface area contributed by atoms with Crippen LogP contribution < -0.4 is 0 Å². The minimum atomic E-state index is -0.0273. The molecule has 3 nitrogen and oxygen atoms in total. The number of para-hydroxylation sites is 1. The average molecular weight is 288 g/mol. The molecule has 0 unspecified atom stereocenters. The summed E-state index contributed by atoms with van der Waals surface area (Å²) in [4.78, 5) is 3.21. The number of nitriles is 1. The molecule has 0 aliphatic heterocycles. The Morgan fingerprint density at radius 1 is 1.27 bits per heavy atom. The Hall–Kier alpha value is -2.83. The van der Waals surface area contributed by atoms with Gasteiger partial charge < -0.3 is 10.1 Å². The Bertz CT molecular complexity index is 897. The molecule has 3 aromatic rings. The Kier molecular flexibility index (Phi) is 3.78. The van der Waals surface area contributed by atoms with E-state index in [1.165, 1.54) is 0 Å². The molecule has 3 heteroatoms. The van der Waals surface area contributed by atoms with Gasteiger partial charge in [-0.05, 0) is 36.3 Å². The third-order valence-electron chi connectivity index (χ3n) is 3.67. The highest BCUT2D eigenvalue weighted by Crippen LogP contribution is 2.25. The van der Waals surface area contributed by atoms with Gasteiger partial charge in [0.15, 0.2) is 0 Å². The van der Waals surface area contributed by atoms with Gasteiger partial charge in [0.2, 0.25) is 0 Å². The van der Waals surface area contributed by atoms with Crippen molar-refractivity contribution in [3.05, 3.63) is 70.9 Å². The van der Waals surface area contributed by atoms with Crippen LogP contribution in [0.2, 0.25) is 0 Å². The first-order valence-corrected chi connectivity index (χ1v) is 7.11. The highest BCUT2D eigenvalue weighted by molar-refractivity contribution is 5.97. The number of allylic oxidation sites excluding steroid dienone is 1. The fourth-order valence-corrected chi connectivity index (χ4v) is 2.66. The van der Waals surface area contributed by atoms with Gasteiger partial charge in [-0.25, -0.2) is 0 Å². The fraction of sp³-hybridized carbons (Fsp3) is 0.105. The molecule has 2 aromatic carbocycles. The van der Waals surface area contributed by atoms with Crippen molar-refractivity contribution in [2.45, 2.75) is 13.5 Å². The molecule has 0 amide bonds. The second kappa shape index (κ2) is 5.88. The first-order valence-electron chi connectivity index (χ1n) is 7.11. The number of aryl methyl sites for hydroxylation is 1. The molecule has 22 heavy (non-hydrogen) atoms. The van der Waals surface area contributed by atoms with Crippen LogP contribution in [0.25, 0.3) is 22.6 Å². The maximum absolute atomic E-state index is 9.51. The van der Waals surface area contributed by atoms with E-state index in [9.17, 15) is 10.4 Å². The zero-order chi connectivity index (χ0) is 15.5. The summed E-state index contributed by atoms with van der Waals surface area (Å²) < 4.78 is 0.